The lowest BCUT2D eigenvalue weighted by Gasteiger charge is -2.05. The molecule has 0 aliphatic carbocycles. The highest BCUT2D eigenvalue weighted by Gasteiger charge is 2.19. The lowest BCUT2D eigenvalue weighted by molar-refractivity contribution is 0.400. The molecule has 10 heteroatoms. The van der Waals surface area contributed by atoms with Crippen LogP contribution in [0.3, 0.4) is 0 Å². The minimum absolute atomic E-state index is 0.224. The molecule has 1 aromatic heterocycles. The summed E-state index contributed by atoms with van der Waals surface area (Å²) in [6.45, 7) is 3.05. The summed E-state index contributed by atoms with van der Waals surface area (Å²) in [5.41, 5.74) is 0. The second kappa shape index (κ2) is 7.90. The van der Waals surface area contributed by atoms with Crippen LogP contribution < -0.4 is 14.8 Å². The Morgan fingerprint density at radius 3 is 2.48 bits per heavy atom. The third kappa shape index (κ3) is 6.14. The molecule has 0 saturated carbocycles. The highest BCUT2D eigenvalue weighted by atomic mass is 32.2. The van der Waals surface area contributed by atoms with Gasteiger partial charge in [-0.05, 0) is 32.1 Å². The first-order chi connectivity index (χ1) is 9.80. The molecular formula is C11H21N3O5S2. The van der Waals surface area contributed by atoms with Gasteiger partial charge in [0.15, 0.2) is 0 Å². The molecule has 0 spiro atoms. The van der Waals surface area contributed by atoms with Gasteiger partial charge in [-0.1, -0.05) is 6.92 Å². The van der Waals surface area contributed by atoms with Crippen LogP contribution in [0, 0.1) is 0 Å². The van der Waals surface area contributed by atoms with Crippen molar-refractivity contribution in [3.63, 3.8) is 0 Å². The number of furan rings is 1. The molecule has 0 saturated heterocycles. The van der Waals surface area contributed by atoms with Crippen molar-refractivity contribution in [1.82, 2.24) is 14.8 Å². The minimum Gasteiger partial charge on any atom is -0.447 e. The van der Waals surface area contributed by atoms with E-state index in [1.807, 2.05) is 6.92 Å². The van der Waals surface area contributed by atoms with Gasteiger partial charge in [0, 0.05) is 6.54 Å². The Morgan fingerprint density at radius 2 is 1.86 bits per heavy atom. The van der Waals surface area contributed by atoms with Gasteiger partial charge in [-0.25, -0.2) is 26.3 Å². The van der Waals surface area contributed by atoms with Crippen molar-refractivity contribution >= 4 is 20.0 Å². The fourth-order valence-electron chi connectivity index (χ4n) is 1.47. The Labute approximate surface area is 125 Å². The molecule has 8 nitrogen and oxygen atoms in total. The predicted octanol–water partition coefficient (Wildman–Crippen LogP) is -0.393. The zero-order valence-electron chi connectivity index (χ0n) is 12.0. The summed E-state index contributed by atoms with van der Waals surface area (Å²) in [4.78, 5) is 0. The molecule has 1 rings (SSSR count). The number of hydrogen-bond acceptors (Lipinski definition) is 6. The van der Waals surface area contributed by atoms with E-state index in [4.69, 9.17) is 4.42 Å². The topological polar surface area (TPSA) is 118 Å². The Morgan fingerprint density at radius 1 is 1.14 bits per heavy atom. The van der Waals surface area contributed by atoms with E-state index >= 15 is 0 Å². The van der Waals surface area contributed by atoms with E-state index in [0.717, 1.165) is 13.0 Å². The van der Waals surface area contributed by atoms with Gasteiger partial charge in [0.05, 0.1) is 12.3 Å². The third-order valence-electron chi connectivity index (χ3n) is 2.60. The molecule has 0 aromatic carbocycles. The van der Waals surface area contributed by atoms with Gasteiger partial charge in [-0.2, -0.15) is 0 Å². The lowest BCUT2D eigenvalue weighted by Crippen LogP contribution is -2.32. The van der Waals surface area contributed by atoms with Crippen LogP contribution in [0.2, 0.25) is 0 Å². The van der Waals surface area contributed by atoms with E-state index in [1.165, 1.54) is 13.1 Å². The third-order valence-corrected chi connectivity index (χ3v) is 5.30. The molecule has 3 N–H and O–H groups in total. The molecule has 1 heterocycles. The molecule has 0 radical (unpaired) electrons. The summed E-state index contributed by atoms with van der Waals surface area (Å²) < 4.78 is 55.7. The molecule has 0 amide bonds. The van der Waals surface area contributed by atoms with Gasteiger partial charge >= 0.3 is 0 Å². The Balaban J connectivity index is 2.58. The normalized spacial score (nSPS) is 12.7. The van der Waals surface area contributed by atoms with Gasteiger partial charge in [-0.15, -0.1) is 0 Å². The fraction of sp³-hybridized carbons (Fsp3) is 0.636. The van der Waals surface area contributed by atoms with Gasteiger partial charge in [0.1, 0.15) is 5.76 Å². The molecule has 1 aromatic rings. The number of sulfonamides is 2. The Bertz CT molecular complexity index is 637. The summed E-state index contributed by atoms with van der Waals surface area (Å²) in [6, 6.07) is 2.92. The summed E-state index contributed by atoms with van der Waals surface area (Å²) in [5, 5.41) is 2.87. The summed E-state index contributed by atoms with van der Waals surface area (Å²) >= 11 is 0. The zero-order valence-corrected chi connectivity index (χ0v) is 13.7. The van der Waals surface area contributed by atoms with E-state index < -0.39 is 20.0 Å². The SMILES string of the molecule is CCCNCc1ccc(S(=O)(=O)NCCS(=O)(=O)NC)o1. The molecule has 21 heavy (non-hydrogen) atoms. The monoisotopic (exact) mass is 339 g/mol. The molecule has 0 fully saturated rings. The van der Waals surface area contributed by atoms with E-state index in [2.05, 4.69) is 14.8 Å². The van der Waals surface area contributed by atoms with Crippen molar-refractivity contribution in [2.45, 2.75) is 25.0 Å². The molecule has 0 aliphatic rings. The Hall–Kier alpha value is -0.940. The van der Waals surface area contributed by atoms with Crippen LogP contribution in [0.1, 0.15) is 19.1 Å². The standard InChI is InChI=1S/C11H21N3O5S2/c1-3-6-13-9-10-4-5-11(19-10)21(17,18)14-7-8-20(15,16)12-2/h4-5,12-14H,3,6-9H2,1-2H3. The second-order valence-corrected chi connectivity index (χ2v) is 8.06. The van der Waals surface area contributed by atoms with E-state index in [1.54, 1.807) is 6.07 Å². The number of nitrogens with one attached hydrogen (secondary N) is 3. The van der Waals surface area contributed by atoms with Crippen LogP contribution in [-0.2, 0) is 26.6 Å². The van der Waals surface area contributed by atoms with Gasteiger partial charge < -0.3 is 9.73 Å². The largest absolute Gasteiger partial charge is 0.447 e. The maximum Gasteiger partial charge on any atom is 0.273 e. The number of rotatable bonds is 10. The van der Waals surface area contributed by atoms with Crippen LogP contribution >= 0.6 is 0 Å². The van der Waals surface area contributed by atoms with Crippen molar-refractivity contribution < 1.29 is 21.3 Å². The van der Waals surface area contributed by atoms with Gasteiger partial charge in [0.25, 0.3) is 10.0 Å². The molecule has 0 atom stereocenters. The molecule has 122 valence electrons. The molecular weight excluding hydrogens is 318 g/mol. The maximum absolute atomic E-state index is 11.9. The first-order valence-electron chi connectivity index (χ1n) is 6.51. The van der Waals surface area contributed by atoms with Gasteiger partial charge in [-0.3, -0.25) is 0 Å². The number of hydrogen-bond donors (Lipinski definition) is 3. The predicted molar refractivity (Wildman–Crippen MR) is 78.7 cm³/mol. The van der Waals surface area contributed by atoms with E-state index in [9.17, 15) is 16.8 Å². The Kier molecular flexibility index (Phi) is 6.81. The second-order valence-electron chi connectivity index (χ2n) is 4.32. The van der Waals surface area contributed by atoms with Crippen LogP contribution in [0.25, 0.3) is 0 Å². The van der Waals surface area contributed by atoms with E-state index in [0.29, 0.717) is 12.3 Å². The minimum atomic E-state index is -3.84. The van der Waals surface area contributed by atoms with Crippen molar-refractivity contribution in [3.8, 4) is 0 Å². The lowest BCUT2D eigenvalue weighted by atomic mass is 10.4. The van der Waals surface area contributed by atoms with Crippen molar-refractivity contribution in [2.75, 3.05) is 25.9 Å². The van der Waals surface area contributed by atoms with Crippen molar-refractivity contribution in [3.05, 3.63) is 17.9 Å². The zero-order chi connectivity index (χ0) is 15.9. The first-order valence-corrected chi connectivity index (χ1v) is 9.64. The quantitative estimate of drug-likeness (QED) is 0.500. The van der Waals surface area contributed by atoms with Crippen LogP contribution in [-0.4, -0.2) is 42.7 Å². The smallest absolute Gasteiger partial charge is 0.273 e. The van der Waals surface area contributed by atoms with Crippen LogP contribution in [0.5, 0.6) is 0 Å². The first kappa shape index (κ1) is 18.1. The fourth-order valence-corrected chi connectivity index (χ4v) is 3.15. The molecule has 0 bridgehead atoms. The summed E-state index contributed by atoms with van der Waals surface area (Å²) in [7, 11) is -6.02. The van der Waals surface area contributed by atoms with Crippen LogP contribution in [0.4, 0.5) is 0 Å². The van der Waals surface area contributed by atoms with Crippen LogP contribution in [0.15, 0.2) is 21.6 Å². The van der Waals surface area contributed by atoms with E-state index in [-0.39, 0.29) is 17.4 Å². The average Bonchev–Trinajstić information content (AvgIpc) is 2.88. The highest BCUT2D eigenvalue weighted by molar-refractivity contribution is 7.90. The van der Waals surface area contributed by atoms with Crippen molar-refractivity contribution in [2.24, 2.45) is 0 Å². The summed E-state index contributed by atoms with van der Waals surface area (Å²) in [5.74, 6) is 0.167. The van der Waals surface area contributed by atoms with Gasteiger partial charge in [0.2, 0.25) is 15.1 Å². The maximum atomic E-state index is 11.9. The van der Waals surface area contributed by atoms with Crippen molar-refractivity contribution in [1.29, 1.82) is 0 Å². The average molecular weight is 339 g/mol. The molecule has 0 aliphatic heterocycles. The molecule has 0 unspecified atom stereocenters. The summed E-state index contributed by atoms with van der Waals surface area (Å²) in [6.07, 6.45) is 0.966. The highest BCUT2D eigenvalue weighted by Crippen LogP contribution is 2.13.